The second-order valence-corrected chi connectivity index (χ2v) is 7.28. The smallest absolute Gasteiger partial charge is 0.213 e. The fraction of sp³-hybridized carbons (Fsp3) is 0.400. The van der Waals surface area contributed by atoms with Crippen LogP contribution in [0.3, 0.4) is 0 Å². The van der Waals surface area contributed by atoms with Gasteiger partial charge in [0.2, 0.25) is 5.88 Å². The molecule has 2 aromatic rings. The Bertz CT molecular complexity index is 782. The standard InChI is InChI=1S/C20H26BrN5O/c1-3-22-20(24-13-15-8-10-23-19(12-15)27-2)25-16-9-11-26(14-16)18-7-5-4-6-17(18)21/h4-8,10,12,16H,3,9,11,13-14H2,1-2H3,(H2,22,24,25). The van der Waals surface area contributed by atoms with Gasteiger partial charge in [0.15, 0.2) is 5.96 Å². The van der Waals surface area contributed by atoms with Crippen molar-refractivity contribution in [1.82, 2.24) is 15.6 Å². The second kappa shape index (κ2) is 9.60. The Morgan fingerprint density at radius 3 is 3.00 bits per heavy atom. The van der Waals surface area contributed by atoms with E-state index in [1.165, 1.54) is 5.69 Å². The molecule has 0 saturated carbocycles. The maximum atomic E-state index is 5.18. The molecule has 2 heterocycles. The second-order valence-electron chi connectivity index (χ2n) is 6.43. The first-order valence-electron chi connectivity index (χ1n) is 9.23. The van der Waals surface area contributed by atoms with Crippen molar-refractivity contribution in [3.8, 4) is 5.88 Å². The summed E-state index contributed by atoms with van der Waals surface area (Å²) in [7, 11) is 1.62. The van der Waals surface area contributed by atoms with E-state index in [0.29, 0.717) is 18.5 Å². The van der Waals surface area contributed by atoms with Gasteiger partial charge >= 0.3 is 0 Å². The van der Waals surface area contributed by atoms with Gasteiger partial charge < -0.3 is 20.3 Å². The van der Waals surface area contributed by atoms with Gasteiger partial charge in [-0.3, -0.25) is 0 Å². The van der Waals surface area contributed by atoms with Crippen molar-refractivity contribution in [2.45, 2.75) is 25.9 Å². The molecule has 6 nitrogen and oxygen atoms in total. The van der Waals surface area contributed by atoms with E-state index in [4.69, 9.17) is 9.73 Å². The summed E-state index contributed by atoms with van der Waals surface area (Å²) >= 11 is 3.65. The van der Waals surface area contributed by atoms with E-state index < -0.39 is 0 Å². The van der Waals surface area contributed by atoms with E-state index in [-0.39, 0.29) is 0 Å². The fourth-order valence-corrected chi connectivity index (χ4v) is 3.68. The molecule has 2 N–H and O–H groups in total. The Morgan fingerprint density at radius 2 is 2.22 bits per heavy atom. The van der Waals surface area contributed by atoms with Crippen LogP contribution in [0.2, 0.25) is 0 Å². The highest BCUT2D eigenvalue weighted by Gasteiger charge is 2.24. The van der Waals surface area contributed by atoms with Crippen molar-refractivity contribution in [2.75, 3.05) is 31.6 Å². The molecule has 1 fully saturated rings. The summed E-state index contributed by atoms with van der Waals surface area (Å²) in [5, 5.41) is 6.91. The molecule has 1 aliphatic rings. The van der Waals surface area contributed by atoms with Crippen LogP contribution < -0.4 is 20.3 Å². The summed E-state index contributed by atoms with van der Waals surface area (Å²) in [4.78, 5) is 11.3. The first-order valence-corrected chi connectivity index (χ1v) is 10.0. The number of hydrogen-bond donors (Lipinski definition) is 2. The van der Waals surface area contributed by atoms with Crippen LogP contribution in [0.1, 0.15) is 18.9 Å². The highest BCUT2D eigenvalue weighted by atomic mass is 79.9. The highest BCUT2D eigenvalue weighted by Crippen LogP contribution is 2.28. The third-order valence-electron chi connectivity index (χ3n) is 4.49. The van der Waals surface area contributed by atoms with Crippen molar-refractivity contribution < 1.29 is 4.74 Å². The molecule has 0 bridgehead atoms. The zero-order valence-corrected chi connectivity index (χ0v) is 17.4. The molecule has 0 radical (unpaired) electrons. The van der Waals surface area contributed by atoms with E-state index >= 15 is 0 Å². The number of hydrogen-bond acceptors (Lipinski definition) is 4. The molecule has 1 aromatic heterocycles. The lowest BCUT2D eigenvalue weighted by Gasteiger charge is -2.21. The number of nitrogens with zero attached hydrogens (tertiary/aromatic N) is 3. The maximum Gasteiger partial charge on any atom is 0.213 e. The van der Waals surface area contributed by atoms with Crippen LogP contribution in [0.25, 0.3) is 0 Å². The van der Waals surface area contributed by atoms with Crippen LogP contribution in [0.15, 0.2) is 52.1 Å². The number of guanidine groups is 1. The lowest BCUT2D eigenvalue weighted by Crippen LogP contribution is -2.44. The predicted octanol–water partition coefficient (Wildman–Crippen LogP) is 3.19. The van der Waals surface area contributed by atoms with Gasteiger partial charge in [0, 0.05) is 42.4 Å². The monoisotopic (exact) mass is 431 g/mol. The summed E-state index contributed by atoms with van der Waals surface area (Å²) in [6.45, 7) is 5.47. The quantitative estimate of drug-likeness (QED) is 0.543. The van der Waals surface area contributed by atoms with Crippen LogP contribution in [-0.2, 0) is 6.54 Å². The molecule has 3 rings (SSSR count). The van der Waals surface area contributed by atoms with E-state index in [0.717, 1.165) is 42.1 Å². The minimum atomic E-state index is 0.363. The Morgan fingerprint density at radius 1 is 1.37 bits per heavy atom. The average Bonchev–Trinajstić information content (AvgIpc) is 3.15. The van der Waals surface area contributed by atoms with Crippen LogP contribution in [0.4, 0.5) is 5.69 Å². The van der Waals surface area contributed by atoms with Crippen LogP contribution in [-0.4, -0.2) is 43.7 Å². The summed E-state index contributed by atoms with van der Waals surface area (Å²) in [6.07, 6.45) is 2.82. The molecule has 1 saturated heterocycles. The number of aliphatic imine (C=N–C) groups is 1. The Kier molecular flexibility index (Phi) is 6.92. The summed E-state index contributed by atoms with van der Waals surface area (Å²) in [5.41, 5.74) is 2.31. The molecule has 1 aliphatic heterocycles. The van der Waals surface area contributed by atoms with Gasteiger partial charge in [0.05, 0.1) is 19.3 Å². The number of nitrogens with one attached hydrogen (secondary N) is 2. The topological polar surface area (TPSA) is 61.8 Å². The fourth-order valence-electron chi connectivity index (χ4n) is 3.15. The normalized spacial score (nSPS) is 17.1. The number of aromatic nitrogens is 1. The Balaban J connectivity index is 1.61. The zero-order valence-electron chi connectivity index (χ0n) is 15.8. The first-order chi connectivity index (χ1) is 13.2. The molecule has 144 valence electrons. The minimum Gasteiger partial charge on any atom is -0.481 e. The number of pyridine rings is 1. The highest BCUT2D eigenvalue weighted by molar-refractivity contribution is 9.10. The van der Waals surface area contributed by atoms with Crippen LogP contribution in [0, 0.1) is 0 Å². The van der Waals surface area contributed by atoms with Gasteiger partial charge in [-0.05, 0) is 53.0 Å². The molecular weight excluding hydrogens is 406 g/mol. The Hall–Kier alpha value is -2.28. The molecule has 1 unspecified atom stereocenters. The third-order valence-corrected chi connectivity index (χ3v) is 5.17. The van der Waals surface area contributed by atoms with E-state index in [1.807, 2.05) is 18.2 Å². The molecule has 0 aliphatic carbocycles. The number of anilines is 1. The summed E-state index contributed by atoms with van der Waals surface area (Å²) in [5.74, 6) is 1.45. The zero-order chi connectivity index (χ0) is 19.1. The van der Waals surface area contributed by atoms with Crippen molar-refractivity contribution in [3.05, 3.63) is 52.6 Å². The van der Waals surface area contributed by atoms with Crippen LogP contribution in [0.5, 0.6) is 5.88 Å². The molecule has 27 heavy (non-hydrogen) atoms. The number of ether oxygens (including phenoxy) is 1. The number of methoxy groups -OCH3 is 1. The lowest BCUT2D eigenvalue weighted by molar-refractivity contribution is 0.397. The molecule has 0 amide bonds. The maximum absolute atomic E-state index is 5.18. The van der Waals surface area contributed by atoms with Gasteiger partial charge in [-0.25, -0.2) is 9.98 Å². The molecular formula is C20H26BrN5O. The van der Waals surface area contributed by atoms with Crippen molar-refractivity contribution in [2.24, 2.45) is 4.99 Å². The van der Waals surface area contributed by atoms with Crippen LogP contribution >= 0.6 is 15.9 Å². The largest absolute Gasteiger partial charge is 0.481 e. The molecule has 1 aromatic carbocycles. The average molecular weight is 432 g/mol. The summed E-state index contributed by atoms with van der Waals surface area (Å²) < 4.78 is 6.32. The number of benzene rings is 1. The van der Waals surface area contributed by atoms with Gasteiger partial charge in [-0.15, -0.1) is 0 Å². The van der Waals surface area contributed by atoms with Gasteiger partial charge in [0.25, 0.3) is 0 Å². The van der Waals surface area contributed by atoms with E-state index in [2.05, 4.69) is 61.6 Å². The Labute approximate surface area is 169 Å². The van der Waals surface area contributed by atoms with Crippen molar-refractivity contribution in [1.29, 1.82) is 0 Å². The van der Waals surface area contributed by atoms with E-state index in [9.17, 15) is 0 Å². The predicted molar refractivity (Wildman–Crippen MR) is 114 cm³/mol. The number of rotatable bonds is 6. The van der Waals surface area contributed by atoms with Gasteiger partial charge in [-0.1, -0.05) is 12.1 Å². The molecule has 0 spiro atoms. The first kappa shape index (κ1) is 19.5. The van der Waals surface area contributed by atoms with E-state index in [1.54, 1.807) is 13.3 Å². The molecule has 1 atom stereocenters. The summed E-state index contributed by atoms with van der Waals surface area (Å²) in [6, 6.07) is 12.6. The van der Waals surface area contributed by atoms with Crippen molar-refractivity contribution in [3.63, 3.8) is 0 Å². The SMILES string of the molecule is CCNC(=NCc1ccnc(OC)c1)NC1CCN(c2ccccc2Br)C1. The van der Waals surface area contributed by atoms with Crippen molar-refractivity contribution >= 4 is 27.6 Å². The number of para-hydroxylation sites is 1. The molecule has 7 heteroatoms. The van der Waals surface area contributed by atoms with Gasteiger partial charge in [-0.2, -0.15) is 0 Å². The third kappa shape index (κ3) is 5.35. The number of halogens is 1. The lowest BCUT2D eigenvalue weighted by atomic mass is 10.2. The van der Waals surface area contributed by atoms with Gasteiger partial charge in [0.1, 0.15) is 0 Å². The minimum absolute atomic E-state index is 0.363.